The van der Waals surface area contributed by atoms with Gasteiger partial charge >= 0.3 is 51.4 Å². The van der Waals surface area contributed by atoms with Crippen LogP contribution in [0.5, 0.6) is 0 Å². The van der Waals surface area contributed by atoms with Gasteiger partial charge in [0.2, 0.25) is 0 Å². The van der Waals surface area contributed by atoms with Crippen LogP contribution in [-0.4, -0.2) is 0 Å². The molecule has 0 nitrogen and oxygen atoms in total. The molecule has 1 rings (SSSR count). The molecule has 45 valence electrons. The number of hydrogen-bond acceptors (Lipinski definition) is 0. The normalized spacial score (nSPS) is 20.2. The molecule has 0 aromatic heterocycles. The van der Waals surface area contributed by atoms with Gasteiger partial charge in [-0.15, -0.1) is 0 Å². The summed E-state index contributed by atoms with van der Waals surface area (Å²) >= 11 is 0. The summed E-state index contributed by atoms with van der Waals surface area (Å²) in [6.07, 6.45) is 8.90. The van der Waals surface area contributed by atoms with Crippen LogP contribution in [0.4, 0.5) is 0 Å². The van der Waals surface area contributed by atoms with E-state index < -0.39 is 0 Å². The molecular formula is C8H13K+. The minimum Gasteiger partial charge on any atom is -0.0996 e. The minimum atomic E-state index is 0. The first-order chi connectivity index (χ1) is 3.89. The second kappa shape index (κ2) is 6.11. The molecule has 0 N–H and O–H groups in total. The van der Waals surface area contributed by atoms with Gasteiger partial charge in [0.15, 0.2) is 0 Å². The molecular weight excluding hydrogens is 135 g/mol. The van der Waals surface area contributed by atoms with Crippen LogP contribution in [-0.2, 0) is 0 Å². The molecule has 1 saturated carbocycles. The third kappa shape index (κ3) is 4.74. The van der Waals surface area contributed by atoms with Crippen molar-refractivity contribution >= 4 is 0 Å². The Morgan fingerprint density at radius 2 is 2.00 bits per heavy atom. The molecule has 0 amide bonds. The van der Waals surface area contributed by atoms with Gasteiger partial charge in [0.1, 0.15) is 0 Å². The van der Waals surface area contributed by atoms with E-state index in [0.29, 0.717) is 0 Å². The smallest absolute Gasteiger partial charge is 0.0996 e. The van der Waals surface area contributed by atoms with Gasteiger partial charge < -0.3 is 0 Å². The van der Waals surface area contributed by atoms with Gasteiger partial charge in [-0.1, -0.05) is 25.0 Å². The van der Waals surface area contributed by atoms with E-state index in [1.165, 1.54) is 37.7 Å². The maximum atomic E-state index is 3.92. The van der Waals surface area contributed by atoms with Gasteiger partial charge in [-0.05, 0) is 25.7 Å². The number of rotatable bonds is 0. The van der Waals surface area contributed by atoms with Crippen molar-refractivity contribution in [1.29, 1.82) is 0 Å². The predicted octanol–water partition coefficient (Wildman–Crippen LogP) is -0.285. The van der Waals surface area contributed by atoms with Crippen LogP contribution in [0.1, 0.15) is 32.1 Å². The molecule has 9 heavy (non-hydrogen) atoms. The average molecular weight is 148 g/mol. The fraction of sp³-hybridized carbons (Fsp3) is 0.625. The molecule has 0 aromatic rings. The zero-order valence-corrected chi connectivity index (χ0v) is 9.44. The number of allylic oxidation sites excluding steroid dienone is 1. The Bertz CT molecular complexity index is 76.6. The maximum Gasteiger partial charge on any atom is 1.00 e. The van der Waals surface area contributed by atoms with Crippen molar-refractivity contribution in [1.82, 2.24) is 0 Å². The van der Waals surface area contributed by atoms with Crippen molar-refractivity contribution in [3.05, 3.63) is 18.6 Å². The van der Waals surface area contributed by atoms with Crippen molar-refractivity contribution in [2.45, 2.75) is 32.1 Å². The monoisotopic (exact) mass is 148 g/mol. The summed E-state index contributed by atoms with van der Waals surface area (Å²) in [5.41, 5.74) is 1.35. The summed E-state index contributed by atoms with van der Waals surface area (Å²) in [6, 6.07) is 0. The quantitative estimate of drug-likeness (QED) is 0.327. The van der Waals surface area contributed by atoms with Gasteiger partial charge in [0, 0.05) is 0 Å². The Kier molecular flexibility index (Phi) is 7.04. The van der Waals surface area contributed by atoms with E-state index in [1.807, 2.05) is 0 Å². The van der Waals surface area contributed by atoms with Crippen molar-refractivity contribution in [3.63, 3.8) is 0 Å². The summed E-state index contributed by atoms with van der Waals surface area (Å²) in [4.78, 5) is 0. The van der Waals surface area contributed by atoms with Crippen LogP contribution < -0.4 is 51.4 Å². The molecule has 0 atom stereocenters. The van der Waals surface area contributed by atoms with Crippen LogP contribution >= 0.6 is 0 Å². The largest absolute Gasteiger partial charge is 1.00 e. The van der Waals surface area contributed by atoms with E-state index in [2.05, 4.69) is 13.0 Å². The summed E-state index contributed by atoms with van der Waals surface area (Å²) in [7, 11) is 0. The van der Waals surface area contributed by atoms with Crippen LogP contribution in [0.25, 0.3) is 0 Å². The molecule has 0 heterocycles. The Hall–Kier alpha value is 1.38. The molecule has 1 aliphatic carbocycles. The van der Waals surface area contributed by atoms with Gasteiger partial charge in [-0.25, -0.2) is 0 Å². The minimum absolute atomic E-state index is 0. The molecule has 1 fully saturated rings. The van der Waals surface area contributed by atoms with E-state index >= 15 is 0 Å². The first kappa shape index (κ1) is 10.4. The third-order valence-corrected chi connectivity index (χ3v) is 1.64. The molecule has 0 aromatic carbocycles. The van der Waals surface area contributed by atoms with Crippen molar-refractivity contribution < 1.29 is 51.4 Å². The Morgan fingerprint density at radius 1 is 1.22 bits per heavy atom. The Morgan fingerprint density at radius 3 is 2.78 bits per heavy atom. The summed E-state index contributed by atoms with van der Waals surface area (Å²) in [5.74, 6) is 0. The fourth-order valence-electron chi connectivity index (χ4n) is 1.08. The molecule has 0 aliphatic heterocycles. The van der Waals surface area contributed by atoms with E-state index in [9.17, 15) is 0 Å². The molecule has 1 heteroatoms. The van der Waals surface area contributed by atoms with Gasteiger partial charge in [0.05, 0.1) is 0 Å². The van der Waals surface area contributed by atoms with Crippen LogP contribution in [0.3, 0.4) is 0 Å². The third-order valence-electron chi connectivity index (χ3n) is 1.64. The Balaban J connectivity index is 0.000000640. The van der Waals surface area contributed by atoms with E-state index in [0.717, 1.165) is 0 Å². The summed E-state index contributed by atoms with van der Waals surface area (Å²) < 4.78 is 0. The zero-order chi connectivity index (χ0) is 5.82. The molecule has 0 bridgehead atoms. The molecule has 1 aliphatic rings. The Labute approximate surface area is 101 Å². The molecule has 0 saturated heterocycles. The average Bonchev–Trinajstić information content (AvgIpc) is 1.94. The summed E-state index contributed by atoms with van der Waals surface area (Å²) in [5, 5.41) is 0. The van der Waals surface area contributed by atoms with Crippen molar-refractivity contribution in [2.75, 3.05) is 0 Å². The van der Waals surface area contributed by atoms with E-state index in [1.54, 1.807) is 0 Å². The van der Waals surface area contributed by atoms with Crippen molar-refractivity contribution in [3.8, 4) is 0 Å². The number of hydrogen-bond donors (Lipinski definition) is 0. The fourth-order valence-corrected chi connectivity index (χ4v) is 1.08. The molecule has 0 spiro atoms. The predicted molar refractivity (Wildman–Crippen MR) is 36.5 cm³/mol. The van der Waals surface area contributed by atoms with Crippen molar-refractivity contribution in [2.24, 2.45) is 0 Å². The molecule has 1 radical (unpaired) electrons. The van der Waals surface area contributed by atoms with Crippen LogP contribution in [0, 0.1) is 6.42 Å². The summed E-state index contributed by atoms with van der Waals surface area (Å²) in [6.45, 7) is 3.92. The van der Waals surface area contributed by atoms with E-state index in [-0.39, 0.29) is 51.4 Å². The van der Waals surface area contributed by atoms with E-state index in [4.69, 9.17) is 0 Å². The SMILES string of the molecule is C=C1[CH]CCCCC1.[K+]. The first-order valence-electron chi connectivity index (χ1n) is 3.40. The topological polar surface area (TPSA) is 0 Å². The maximum absolute atomic E-state index is 3.92. The standard InChI is InChI=1S/C8H13.K/c1-8-6-4-2-3-5-7-8;/h6H,1-5,7H2;/q;+1. The van der Waals surface area contributed by atoms with Crippen LogP contribution in [0.15, 0.2) is 12.2 Å². The second-order valence-corrected chi connectivity index (χ2v) is 2.46. The second-order valence-electron chi connectivity index (χ2n) is 2.46. The molecule has 0 unspecified atom stereocenters. The van der Waals surface area contributed by atoms with Gasteiger partial charge in [-0.3, -0.25) is 0 Å². The zero-order valence-electron chi connectivity index (χ0n) is 6.32. The first-order valence-corrected chi connectivity index (χ1v) is 3.40. The van der Waals surface area contributed by atoms with Gasteiger partial charge in [-0.2, -0.15) is 0 Å². The van der Waals surface area contributed by atoms with Gasteiger partial charge in [0.25, 0.3) is 0 Å². The van der Waals surface area contributed by atoms with Crippen LogP contribution in [0.2, 0.25) is 0 Å².